The van der Waals surface area contributed by atoms with Gasteiger partial charge in [0.05, 0.1) is 23.8 Å². The van der Waals surface area contributed by atoms with Crippen molar-refractivity contribution in [1.82, 2.24) is 20.9 Å². The number of benzene rings is 2. The normalized spacial score (nSPS) is 15.4. The van der Waals surface area contributed by atoms with Crippen molar-refractivity contribution in [2.75, 3.05) is 31.6 Å². The van der Waals surface area contributed by atoms with Gasteiger partial charge in [0.2, 0.25) is 23.6 Å². The van der Waals surface area contributed by atoms with Gasteiger partial charge in [-0.15, -0.1) is 0 Å². The molecule has 15 heteroatoms. The average Bonchev–Trinajstić information content (AvgIpc) is 3.95. The van der Waals surface area contributed by atoms with E-state index >= 15 is 0 Å². The number of primary amides is 1. The highest BCUT2D eigenvalue weighted by Crippen LogP contribution is 2.49. The molecule has 2 atom stereocenters. The van der Waals surface area contributed by atoms with Crippen LogP contribution in [0.15, 0.2) is 53.0 Å². The number of amides is 6. The van der Waals surface area contributed by atoms with Crippen molar-refractivity contribution in [2.45, 2.75) is 83.3 Å². The number of aliphatic hydroxyl groups excluding tert-OH is 1. The lowest BCUT2D eigenvalue weighted by Gasteiger charge is -2.22. The van der Waals surface area contributed by atoms with Gasteiger partial charge in [0.1, 0.15) is 11.9 Å². The first-order valence-electron chi connectivity index (χ1n) is 18.1. The van der Waals surface area contributed by atoms with Gasteiger partial charge in [0, 0.05) is 49.4 Å². The maximum Gasteiger partial charge on any atom is 0.312 e. The zero-order chi connectivity index (χ0) is 38.7. The zero-order valence-corrected chi connectivity index (χ0v) is 30.7. The van der Waals surface area contributed by atoms with Crippen molar-refractivity contribution in [2.24, 2.45) is 28.1 Å². The highest BCUT2D eigenvalue weighted by Gasteiger charge is 2.51. The zero-order valence-electron chi connectivity index (χ0n) is 30.7. The third-order valence-electron chi connectivity index (χ3n) is 9.43. The molecule has 11 N–H and O–H groups in total. The van der Waals surface area contributed by atoms with Crippen molar-refractivity contribution >= 4 is 52.9 Å². The molecule has 15 nitrogen and oxygen atoms in total. The number of hydrogen-bond acceptors (Lipinski definition) is 9. The number of amidine groups is 1. The van der Waals surface area contributed by atoms with Crippen molar-refractivity contribution in [3.8, 4) is 0 Å². The summed E-state index contributed by atoms with van der Waals surface area (Å²) in [6.45, 7) is 6.65. The number of fused-ring (bicyclic) bond motifs is 1. The summed E-state index contributed by atoms with van der Waals surface area (Å²) in [5, 5.41) is 20.5. The van der Waals surface area contributed by atoms with Crippen LogP contribution < -0.4 is 38.5 Å². The van der Waals surface area contributed by atoms with Crippen molar-refractivity contribution in [1.29, 1.82) is 0 Å². The Morgan fingerprint density at radius 3 is 2.43 bits per heavy atom. The Morgan fingerprint density at radius 2 is 1.77 bits per heavy atom. The highest BCUT2D eigenvalue weighted by molar-refractivity contribution is 6.05. The fourth-order valence-electron chi connectivity index (χ4n) is 6.20. The molecule has 0 unspecified atom stereocenters. The fourth-order valence-corrected chi connectivity index (χ4v) is 6.20. The van der Waals surface area contributed by atoms with Crippen LogP contribution >= 0.6 is 0 Å². The van der Waals surface area contributed by atoms with Crippen molar-refractivity contribution in [3.05, 3.63) is 64.7 Å². The lowest BCUT2D eigenvalue weighted by molar-refractivity contribution is -0.128. The van der Waals surface area contributed by atoms with E-state index in [0.29, 0.717) is 42.8 Å². The van der Waals surface area contributed by atoms with Gasteiger partial charge in [0.15, 0.2) is 0 Å². The Balaban J connectivity index is 1.42. The molecule has 286 valence electrons. The molecule has 6 amide bonds. The standard InChI is InChI=1S/C38H53N9O6/c1-4-15-47(16-17-48)35(51)26-19-25-10-11-27(21-30(25)45-31(39)20-26)38(12-13-38)36(52)43-22-24-7-5-8-28(18-24)44-33(49)29(9-6-14-42-37(41)53)46-34(50)32(40)23(2)3/h5,7-8,10-11,18-19,21,23,29,32,48H,4,6,9,12-17,20,22,40H2,1-3H3,(H2,39,45)(H,43,52)(H,44,49)(H,46,50)(H3,41,42,53)/t29-,32-/m0/s1. The molecule has 0 saturated heterocycles. The Labute approximate surface area is 310 Å². The lowest BCUT2D eigenvalue weighted by Crippen LogP contribution is -2.51. The van der Waals surface area contributed by atoms with E-state index in [1.165, 1.54) is 0 Å². The van der Waals surface area contributed by atoms with Gasteiger partial charge in [-0.05, 0) is 73.4 Å². The van der Waals surface area contributed by atoms with Crippen LogP contribution in [0.4, 0.5) is 16.2 Å². The average molecular weight is 732 g/mol. The first-order chi connectivity index (χ1) is 25.3. The van der Waals surface area contributed by atoms with Gasteiger partial charge in [-0.1, -0.05) is 45.0 Å². The molecule has 4 rings (SSSR count). The first kappa shape index (κ1) is 40.5. The van der Waals surface area contributed by atoms with E-state index in [9.17, 15) is 29.1 Å². The van der Waals surface area contributed by atoms with E-state index in [-0.39, 0.29) is 62.7 Å². The number of nitrogens with two attached hydrogens (primary N) is 3. The van der Waals surface area contributed by atoms with Crippen LogP contribution in [0.25, 0.3) is 6.08 Å². The molecule has 2 aliphatic rings. The fraction of sp³-hybridized carbons (Fsp3) is 0.474. The smallest absolute Gasteiger partial charge is 0.312 e. The van der Waals surface area contributed by atoms with Gasteiger partial charge in [-0.2, -0.15) is 0 Å². The summed E-state index contributed by atoms with van der Waals surface area (Å²) in [5.41, 5.74) is 20.5. The minimum absolute atomic E-state index is 0.134. The van der Waals surface area contributed by atoms with Crippen LogP contribution in [0.5, 0.6) is 0 Å². The number of urea groups is 1. The molecule has 0 aromatic heterocycles. The number of carbonyl (C=O) groups is 5. The number of hydrogen-bond donors (Lipinski definition) is 8. The van der Waals surface area contributed by atoms with Crippen LogP contribution in [0, 0.1) is 5.92 Å². The number of aliphatic hydroxyl groups is 1. The highest BCUT2D eigenvalue weighted by atomic mass is 16.3. The first-order valence-corrected chi connectivity index (χ1v) is 18.1. The van der Waals surface area contributed by atoms with Crippen LogP contribution in [0.3, 0.4) is 0 Å². The van der Waals surface area contributed by atoms with E-state index < -0.39 is 35.3 Å². The Hall–Kier alpha value is -5.28. The van der Waals surface area contributed by atoms with E-state index in [1.807, 2.05) is 45.0 Å². The largest absolute Gasteiger partial charge is 0.395 e. The summed E-state index contributed by atoms with van der Waals surface area (Å²) in [6.07, 6.45) is 4.65. The second kappa shape index (κ2) is 18.5. The second-order valence-electron chi connectivity index (χ2n) is 14.0. The molecule has 1 aliphatic carbocycles. The summed E-state index contributed by atoms with van der Waals surface area (Å²) < 4.78 is 0. The maximum absolute atomic E-state index is 13.7. The topological polar surface area (TPSA) is 247 Å². The van der Waals surface area contributed by atoms with Gasteiger partial charge in [-0.3, -0.25) is 19.2 Å². The summed E-state index contributed by atoms with van der Waals surface area (Å²) in [4.78, 5) is 70.2. The number of nitrogens with one attached hydrogen (secondary N) is 4. The van der Waals surface area contributed by atoms with E-state index in [0.717, 1.165) is 23.1 Å². The molecule has 0 spiro atoms. The molecule has 53 heavy (non-hydrogen) atoms. The number of aliphatic imine (C=N–C) groups is 1. The van der Waals surface area contributed by atoms with Gasteiger partial charge < -0.3 is 48.5 Å². The molecule has 2 aromatic carbocycles. The van der Waals surface area contributed by atoms with Gasteiger partial charge in [0.25, 0.3) is 0 Å². The number of anilines is 1. The molecular formula is C38H53N9O6. The van der Waals surface area contributed by atoms with Crippen LogP contribution in [-0.4, -0.2) is 83.8 Å². The molecular weight excluding hydrogens is 678 g/mol. The van der Waals surface area contributed by atoms with E-state index in [2.05, 4.69) is 26.3 Å². The number of carbonyl (C=O) groups excluding carboxylic acids is 5. The molecule has 0 bridgehead atoms. The monoisotopic (exact) mass is 731 g/mol. The van der Waals surface area contributed by atoms with E-state index in [4.69, 9.17) is 17.2 Å². The number of rotatable bonds is 18. The quantitative estimate of drug-likeness (QED) is 0.105. The minimum Gasteiger partial charge on any atom is -0.395 e. The molecule has 1 heterocycles. The third-order valence-corrected chi connectivity index (χ3v) is 9.43. The SMILES string of the molecule is CCCN(CCO)C(=O)C1=Cc2ccc(C3(C(=O)NCc4cccc(NC(=O)[C@H](CCCNC(N)=O)NC(=O)[C@@H](N)C(C)C)c4)CC3)cc2N=C(N)C1. The van der Waals surface area contributed by atoms with Gasteiger partial charge >= 0.3 is 6.03 Å². The Bertz CT molecular complexity index is 1730. The van der Waals surface area contributed by atoms with Gasteiger partial charge in [-0.25, -0.2) is 9.79 Å². The molecule has 0 radical (unpaired) electrons. The van der Waals surface area contributed by atoms with Crippen LogP contribution in [0.1, 0.15) is 76.0 Å². The predicted molar refractivity (Wildman–Crippen MR) is 204 cm³/mol. The number of nitrogens with zero attached hydrogens (tertiary/aromatic N) is 2. The maximum atomic E-state index is 13.7. The summed E-state index contributed by atoms with van der Waals surface area (Å²) in [7, 11) is 0. The predicted octanol–water partition coefficient (Wildman–Crippen LogP) is 1.90. The summed E-state index contributed by atoms with van der Waals surface area (Å²) >= 11 is 0. The lowest BCUT2D eigenvalue weighted by atomic mass is 9.92. The Morgan fingerprint density at radius 1 is 1.02 bits per heavy atom. The van der Waals surface area contributed by atoms with Crippen LogP contribution in [-0.2, 0) is 31.1 Å². The molecule has 1 aliphatic heterocycles. The van der Waals surface area contributed by atoms with Crippen molar-refractivity contribution in [3.63, 3.8) is 0 Å². The van der Waals surface area contributed by atoms with Crippen molar-refractivity contribution < 1.29 is 29.1 Å². The summed E-state index contributed by atoms with van der Waals surface area (Å²) in [5.74, 6) is -1.09. The molecule has 2 aromatic rings. The summed E-state index contributed by atoms with van der Waals surface area (Å²) in [6, 6.07) is 10.3. The minimum atomic E-state index is -0.912. The van der Waals surface area contributed by atoms with E-state index in [1.54, 1.807) is 29.2 Å². The Kier molecular flexibility index (Phi) is 14.1. The third kappa shape index (κ3) is 10.9. The molecule has 1 fully saturated rings. The second-order valence-corrected chi connectivity index (χ2v) is 14.0. The molecule has 1 saturated carbocycles. The van der Waals surface area contributed by atoms with Crippen LogP contribution in [0.2, 0.25) is 0 Å².